The molecule has 1 heterocycles. The molecule has 17 heavy (non-hydrogen) atoms. The van der Waals surface area contributed by atoms with Gasteiger partial charge >= 0.3 is 5.97 Å². The SMILES string of the molecule is COC(=O)c1ncnn1Cc1cccc(F)c1. The standard InChI is InChI=1S/C11H10FN3O2/c1-17-11(16)10-13-7-14-15(10)6-8-3-2-4-9(12)5-8/h2-5,7H,6H2,1H3. The largest absolute Gasteiger partial charge is 0.463 e. The number of rotatable bonds is 3. The minimum atomic E-state index is -0.570. The molecule has 2 aromatic rings. The van der Waals surface area contributed by atoms with Gasteiger partial charge in [-0.1, -0.05) is 12.1 Å². The van der Waals surface area contributed by atoms with E-state index < -0.39 is 5.97 Å². The number of esters is 1. The number of halogens is 1. The molecule has 88 valence electrons. The van der Waals surface area contributed by atoms with Crippen molar-refractivity contribution in [2.24, 2.45) is 0 Å². The van der Waals surface area contributed by atoms with E-state index in [1.165, 1.54) is 30.3 Å². The lowest BCUT2D eigenvalue weighted by Crippen LogP contribution is -2.13. The van der Waals surface area contributed by atoms with Crippen molar-refractivity contribution in [1.29, 1.82) is 0 Å². The maximum atomic E-state index is 13.0. The van der Waals surface area contributed by atoms with Crippen LogP contribution in [0.2, 0.25) is 0 Å². The lowest BCUT2D eigenvalue weighted by Gasteiger charge is -2.04. The summed E-state index contributed by atoms with van der Waals surface area (Å²) >= 11 is 0. The number of hydrogen-bond acceptors (Lipinski definition) is 4. The highest BCUT2D eigenvalue weighted by molar-refractivity contribution is 5.85. The third kappa shape index (κ3) is 2.47. The molecule has 0 saturated heterocycles. The molecule has 1 aromatic heterocycles. The van der Waals surface area contributed by atoms with Crippen LogP contribution in [0.15, 0.2) is 30.6 Å². The monoisotopic (exact) mass is 235 g/mol. The first-order valence-electron chi connectivity index (χ1n) is 4.91. The summed E-state index contributed by atoms with van der Waals surface area (Å²) in [6.45, 7) is 0.266. The van der Waals surface area contributed by atoms with E-state index in [1.54, 1.807) is 12.1 Å². The molecule has 0 bridgehead atoms. The Labute approximate surface area is 96.9 Å². The third-order valence-corrected chi connectivity index (χ3v) is 2.20. The predicted molar refractivity (Wildman–Crippen MR) is 56.9 cm³/mol. The highest BCUT2D eigenvalue weighted by Gasteiger charge is 2.14. The topological polar surface area (TPSA) is 57.0 Å². The fourth-order valence-corrected chi connectivity index (χ4v) is 1.44. The maximum Gasteiger partial charge on any atom is 0.375 e. The van der Waals surface area contributed by atoms with Crippen molar-refractivity contribution < 1.29 is 13.9 Å². The number of nitrogens with zero attached hydrogens (tertiary/aromatic N) is 3. The molecule has 6 heteroatoms. The van der Waals surface area contributed by atoms with Gasteiger partial charge in [0.1, 0.15) is 12.1 Å². The molecule has 0 saturated carbocycles. The quantitative estimate of drug-likeness (QED) is 0.751. The number of methoxy groups -OCH3 is 1. The number of ether oxygens (including phenoxy) is 1. The molecule has 0 fully saturated rings. The Morgan fingerprint density at radius 3 is 3.06 bits per heavy atom. The van der Waals surface area contributed by atoms with Crippen molar-refractivity contribution in [2.75, 3.05) is 7.11 Å². The number of carbonyl (C=O) groups excluding carboxylic acids is 1. The van der Waals surface area contributed by atoms with Crippen LogP contribution in [-0.4, -0.2) is 27.8 Å². The summed E-state index contributed by atoms with van der Waals surface area (Å²) in [7, 11) is 1.27. The minimum Gasteiger partial charge on any atom is -0.463 e. The summed E-state index contributed by atoms with van der Waals surface area (Å²) in [5, 5.41) is 3.89. The van der Waals surface area contributed by atoms with Gasteiger partial charge in [-0.05, 0) is 17.7 Å². The zero-order chi connectivity index (χ0) is 12.3. The van der Waals surface area contributed by atoms with Gasteiger partial charge in [-0.25, -0.2) is 18.9 Å². The van der Waals surface area contributed by atoms with Crippen LogP contribution < -0.4 is 0 Å². The van der Waals surface area contributed by atoms with Crippen LogP contribution in [0.4, 0.5) is 4.39 Å². The van der Waals surface area contributed by atoms with Gasteiger partial charge in [0.15, 0.2) is 0 Å². The zero-order valence-electron chi connectivity index (χ0n) is 9.13. The molecule has 2 rings (SSSR count). The molecule has 0 aliphatic heterocycles. The van der Waals surface area contributed by atoms with Crippen LogP contribution in [0.25, 0.3) is 0 Å². The smallest absolute Gasteiger partial charge is 0.375 e. The van der Waals surface area contributed by atoms with Gasteiger partial charge in [0, 0.05) is 0 Å². The molecular weight excluding hydrogens is 225 g/mol. The Hall–Kier alpha value is -2.24. The fourth-order valence-electron chi connectivity index (χ4n) is 1.44. The van der Waals surface area contributed by atoms with E-state index in [4.69, 9.17) is 0 Å². The number of carbonyl (C=O) groups is 1. The molecule has 0 amide bonds. The molecule has 0 atom stereocenters. The zero-order valence-corrected chi connectivity index (χ0v) is 9.13. The Kier molecular flexibility index (Phi) is 3.13. The lowest BCUT2D eigenvalue weighted by atomic mass is 10.2. The van der Waals surface area contributed by atoms with Gasteiger partial charge in [0.2, 0.25) is 5.82 Å². The van der Waals surface area contributed by atoms with Crippen molar-refractivity contribution >= 4 is 5.97 Å². The summed E-state index contributed by atoms with van der Waals surface area (Å²) in [5.74, 6) is -0.808. The maximum absolute atomic E-state index is 13.0. The van der Waals surface area contributed by atoms with Gasteiger partial charge in [-0.3, -0.25) is 0 Å². The van der Waals surface area contributed by atoms with Crippen molar-refractivity contribution in [3.63, 3.8) is 0 Å². The van der Waals surface area contributed by atoms with Crippen LogP contribution in [0, 0.1) is 5.82 Å². The Balaban J connectivity index is 2.25. The molecule has 0 unspecified atom stereocenters. The normalized spacial score (nSPS) is 10.2. The highest BCUT2D eigenvalue weighted by atomic mass is 19.1. The van der Waals surface area contributed by atoms with Gasteiger partial charge in [-0.15, -0.1) is 0 Å². The van der Waals surface area contributed by atoms with E-state index in [9.17, 15) is 9.18 Å². The van der Waals surface area contributed by atoms with E-state index in [1.807, 2.05) is 0 Å². The van der Waals surface area contributed by atoms with Crippen molar-refractivity contribution in [3.05, 3.63) is 47.8 Å². The number of benzene rings is 1. The highest BCUT2D eigenvalue weighted by Crippen LogP contribution is 2.07. The second-order valence-electron chi connectivity index (χ2n) is 3.36. The summed E-state index contributed by atoms with van der Waals surface area (Å²) in [6.07, 6.45) is 1.26. The molecule has 0 aliphatic rings. The Morgan fingerprint density at radius 2 is 2.35 bits per heavy atom. The summed E-state index contributed by atoms with van der Waals surface area (Å²) in [6, 6.07) is 6.07. The van der Waals surface area contributed by atoms with Crippen molar-refractivity contribution in [1.82, 2.24) is 14.8 Å². The van der Waals surface area contributed by atoms with Gasteiger partial charge < -0.3 is 4.74 Å². The van der Waals surface area contributed by atoms with Crippen LogP contribution in [0.1, 0.15) is 16.2 Å². The van der Waals surface area contributed by atoms with Crippen molar-refractivity contribution in [3.8, 4) is 0 Å². The van der Waals surface area contributed by atoms with Crippen LogP contribution in [0.3, 0.4) is 0 Å². The lowest BCUT2D eigenvalue weighted by molar-refractivity contribution is 0.0580. The number of hydrogen-bond donors (Lipinski definition) is 0. The molecular formula is C11H10FN3O2. The predicted octanol–water partition coefficient (Wildman–Crippen LogP) is 1.25. The van der Waals surface area contributed by atoms with Crippen LogP contribution >= 0.6 is 0 Å². The van der Waals surface area contributed by atoms with E-state index >= 15 is 0 Å². The first-order chi connectivity index (χ1) is 8.20. The third-order valence-electron chi connectivity index (χ3n) is 2.20. The average molecular weight is 235 g/mol. The summed E-state index contributed by atoms with van der Waals surface area (Å²) in [4.78, 5) is 15.1. The Morgan fingerprint density at radius 1 is 1.53 bits per heavy atom. The van der Waals surface area contributed by atoms with Gasteiger partial charge in [0.25, 0.3) is 0 Å². The molecule has 5 nitrogen and oxygen atoms in total. The first kappa shape index (κ1) is 11.3. The van der Waals surface area contributed by atoms with E-state index in [0.29, 0.717) is 5.56 Å². The van der Waals surface area contributed by atoms with Crippen molar-refractivity contribution in [2.45, 2.75) is 6.54 Å². The minimum absolute atomic E-state index is 0.0942. The second-order valence-corrected chi connectivity index (χ2v) is 3.36. The summed E-state index contributed by atoms with van der Waals surface area (Å²) < 4.78 is 18.9. The molecule has 0 aliphatic carbocycles. The molecule has 0 radical (unpaired) electrons. The van der Waals surface area contributed by atoms with E-state index in [0.717, 1.165) is 0 Å². The van der Waals surface area contributed by atoms with Crippen LogP contribution in [-0.2, 0) is 11.3 Å². The molecule has 1 aromatic carbocycles. The molecule has 0 N–H and O–H groups in total. The van der Waals surface area contributed by atoms with E-state index in [2.05, 4.69) is 14.8 Å². The van der Waals surface area contributed by atoms with Crippen LogP contribution in [0.5, 0.6) is 0 Å². The van der Waals surface area contributed by atoms with Gasteiger partial charge in [-0.2, -0.15) is 5.10 Å². The molecule has 0 spiro atoms. The second kappa shape index (κ2) is 4.73. The van der Waals surface area contributed by atoms with Gasteiger partial charge in [0.05, 0.1) is 13.7 Å². The first-order valence-corrected chi connectivity index (χ1v) is 4.91. The van der Waals surface area contributed by atoms with E-state index in [-0.39, 0.29) is 18.2 Å². The summed E-state index contributed by atoms with van der Waals surface area (Å²) in [5.41, 5.74) is 0.695. The number of aromatic nitrogens is 3. The fraction of sp³-hybridized carbons (Fsp3) is 0.182. The average Bonchev–Trinajstić information content (AvgIpc) is 2.76. The Bertz CT molecular complexity index is 539.